The van der Waals surface area contributed by atoms with Gasteiger partial charge < -0.3 is 15.2 Å². The van der Waals surface area contributed by atoms with Crippen molar-refractivity contribution in [3.8, 4) is 11.4 Å². The van der Waals surface area contributed by atoms with Crippen LogP contribution >= 0.6 is 11.6 Å². The van der Waals surface area contributed by atoms with Crippen LogP contribution < -0.4 is 5.32 Å². The molecule has 116 valence electrons. The van der Waals surface area contributed by atoms with Crippen LogP contribution in [0.1, 0.15) is 18.3 Å². The summed E-state index contributed by atoms with van der Waals surface area (Å²) in [6.07, 6.45) is 0.779. The second kappa shape index (κ2) is 6.10. The molecule has 0 saturated carbocycles. The zero-order valence-corrected chi connectivity index (χ0v) is 13.4. The van der Waals surface area contributed by atoms with Crippen LogP contribution in [0.5, 0.6) is 0 Å². The maximum Gasteiger partial charge on any atom is 0.239 e. The molecule has 0 fully saturated rings. The third-order valence-electron chi connectivity index (χ3n) is 4.06. The van der Waals surface area contributed by atoms with Gasteiger partial charge in [-0.2, -0.15) is 0 Å². The standard InChI is InChI=1S/C16H19ClN4O/c1-10(18-2)16(22)21-8-7-13-14(9-21)20-15(19-13)11-3-5-12(17)6-4-11/h3-6,10,18H,7-9H2,1-2H3,(H,19,20)/t10-/m0/s1. The Morgan fingerprint density at radius 3 is 2.82 bits per heavy atom. The predicted octanol–water partition coefficient (Wildman–Crippen LogP) is 2.22. The topological polar surface area (TPSA) is 61.0 Å². The molecule has 22 heavy (non-hydrogen) atoms. The van der Waals surface area contributed by atoms with E-state index in [-0.39, 0.29) is 11.9 Å². The molecule has 0 unspecified atom stereocenters. The number of rotatable bonds is 3. The molecule has 3 rings (SSSR count). The molecule has 0 aliphatic carbocycles. The predicted molar refractivity (Wildman–Crippen MR) is 86.7 cm³/mol. The van der Waals surface area contributed by atoms with Gasteiger partial charge in [0.15, 0.2) is 0 Å². The zero-order chi connectivity index (χ0) is 15.7. The smallest absolute Gasteiger partial charge is 0.239 e. The molecule has 2 aromatic rings. The van der Waals surface area contributed by atoms with Crippen molar-refractivity contribution in [2.75, 3.05) is 13.6 Å². The monoisotopic (exact) mass is 318 g/mol. The van der Waals surface area contributed by atoms with E-state index in [0.717, 1.165) is 29.2 Å². The van der Waals surface area contributed by atoms with Gasteiger partial charge in [-0.3, -0.25) is 4.79 Å². The number of aromatic amines is 1. The van der Waals surface area contributed by atoms with Gasteiger partial charge in [-0.25, -0.2) is 4.98 Å². The summed E-state index contributed by atoms with van der Waals surface area (Å²) >= 11 is 5.92. The van der Waals surface area contributed by atoms with E-state index in [1.54, 1.807) is 7.05 Å². The summed E-state index contributed by atoms with van der Waals surface area (Å²) < 4.78 is 0. The lowest BCUT2D eigenvalue weighted by atomic mass is 10.1. The minimum atomic E-state index is -0.166. The Hall–Kier alpha value is -1.85. The largest absolute Gasteiger partial charge is 0.340 e. The minimum Gasteiger partial charge on any atom is -0.340 e. The fraction of sp³-hybridized carbons (Fsp3) is 0.375. The summed E-state index contributed by atoms with van der Waals surface area (Å²) in [4.78, 5) is 22.1. The van der Waals surface area contributed by atoms with Crippen LogP contribution in [0.3, 0.4) is 0 Å². The second-order valence-corrected chi connectivity index (χ2v) is 5.97. The lowest BCUT2D eigenvalue weighted by Crippen LogP contribution is -2.45. The number of likely N-dealkylation sites (N-methyl/N-ethyl adjacent to an activating group) is 1. The highest BCUT2D eigenvalue weighted by Crippen LogP contribution is 2.24. The number of amides is 1. The van der Waals surface area contributed by atoms with Crippen molar-refractivity contribution >= 4 is 17.5 Å². The molecule has 0 radical (unpaired) electrons. The van der Waals surface area contributed by atoms with Crippen LogP contribution in [0, 0.1) is 0 Å². The van der Waals surface area contributed by atoms with E-state index in [1.807, 2.05) is 36.1 Å². The first-order valence-corrected chi connectivity index (χ1v) is 7.76. The van der Waals surface area contributed by atoms with Crippen molar-refractivity contribution in [1.29, 1.82) is 0 Å². The molecular formula is C16H19ClN4O. The van der Waals surface area contributed by atoms with Crippen molar-refractivity contribution in [3.05, 3.63) is 40.7 Å². The maximum atomic E-state index is 12.3. The number of hydrogen-bond donors (Lipinski definition) is 2. The van der Waals surface area contributed by atoms with Crippen LogP contribution in [-0.2, 0) is 17.8 Å². The average Bonchev–Trinajstić information content (AvgIpc) is 2.97. The molecule has 2 heterocycles. The SMILES string of the molecule is CN[C@@H](C)C(=O)N1CCc2nc(-c3ccc(Cl)cc3)[nH]c2C1. The Morgan fingerprint density at radius 2 is 2.14 bits per heavy atom. The van der Waals surface area contributed by atoms with E-state index < -0.39 is 0 Å². The number of halogens is 1. The molecule has 0 bridgehead atoms. The maximum absolute atomic E-state index is 12.3. The Morgan fingerprint density at radius 1 is 1.41 bits per heavy atom. The fourth-order valence-corrected chi connectivity index (χ4v) is 2.75. The number of hydrogen-bond acceptors (Lipinski definition) is 3. The van der Waals surface area contributed by atoms with Gasteiger partial charge in [0.1, 0.15) is 5.82 Å². The van der Waals surface area contributed by atoms with Crippen LogP contribution in [0.15, 0.2) is 24.3 Å². The van der Waals surface area contributed by atoms with Crippen molar-refractivity contribution in [2.45, 2.75) is 25.9 Å². The molecule has 1 amide bonds. The Kier molecular flexibility index (Phi) is 4.18. The lowest BCUT2D eigenvalue weighted by molar-refractivity contribution is -0.133. The molecule has 6 heteroatoms. The van der Waals surface area contributed by atoms with Crippen molar-refractivity contribution in [2.24, 2.45) is 0 Å². The van der Waals surface area contributed by atoms with Gasteiger partial charge in [-0.15, -0.1) is 0 Å². The summed E-state index contributed by atoms with van der Waals surface area (Å²) in [5, 5.41) is 3.70. The average molecular weight is 319 g/mol. The summed E-state index contributed by atoms with van der Waals surface area (Å²) in [5.41, 5.74) is 3.07. The Labute approximate surface area is 134 Å². The minimum absolute atomic E-state index is 0.121. The van der Waals surface area contributed by atoms with Crippen LogP contribution in [-0.4, -0.2) is 40.4 Å². The summed E-state index contributed by atoms with van der Waals surface area (Å²) in [6, 6.07) is 7.42. The number of H-pyrrole nitrogens is 1. The number of carbonyl (C=O) groups is 1. The molecule has 1 aromatic carbocycles. The van der Waals surface area contributed by atoms with Crippen LogP contribution in [0.4, 0.5) is 0 Å². The van der Waals surface area contributed by atoms with E-state index in [9.17, 15) is 4.79 Å². The number of fused-ring (bicyclic) bond motifs is 1. The third kappa shape index (κ3) is 2.87. The summed E-state index contributed by atoms with van der Waals surface area (Å²) in [6.45, 7) is 3.17. The van der Waals surface area contributed by atoms with E-state index >= 15 is 0 Å². The Bertz CT molecular complexity index is 680. The van der Waals surface area contributed by atoms with Crippen LogP contribution in [0.25, 0.3) is 11.4 Å². The normalized spacial score (nSPS) is 15.5. The molecule has 1 aliphatic rings. The highest BCUT2D eigenvalue weighted by molar-refractivity contribution is 6.30. The molecule has 0 spiro atoms. The molecule has 1 atom stereocenters. The number of benzene rings is 1. The van der Waals surface area contributed by atoms with E-state index in [1.165, 1.54) is 0 Å². The molecular weight excluding hydrogens is 300 g/mol. The third-order valence-corrected chi connectivity index (χ3v) is 4.32. The first kappa shape index (κ1) is 15.1. The van der Waals surface area contributed by atoms with Gasteiger partial charge in [0, 0.05) is 23.6 Å². The van der Waals surface area contributed by atoms with Gasteiger partial charge in [0.25, 0.3) is 0 Å². The molecule has 1 aliphatic heterocycles. The van der Waals surface area contributed by atoms with Gasteiger partial charge in [0.05, 0.1) is 24.0 Å². The summed E-state index contributed by atoms with van der Waals surface area (Å²) in [5.74, 6) is 0.952. The highest BCUT2D eigenvalue weighted by Gasteiger charge is 2.26. The number of nitrogens with zero attached hydrogens (tertiary/aromatic N) is 2. The second-order valence-electron chi connectivity index (χ2n) is 5.54. The number of aromatic nitrogens is 2. The first-order chi connectivity index (χ1) is 10.6. The first-order valence-electron chi connectivity index (χ1n) is 7.38. The lowest BCUT2D eigenvalue weighted by Gasteiger charge is -2.28. The van der Waals surface area contributed by atoms with Crippen molar-refractivity contribution in [1.82, 2.24) is 20.2 Å². The number of imidazole rings is 1. The molecule has 5 nitrogen and oxygen atoms in total. The Balaban J connectivity index is 1.81. The fourth-order valence-electron chi connectivity index (χ4n) is 2.62. The number of nitrogens with one attached hydrogen (secondary N) is 2. The summed E-state index contributed by atoms with van der Waals surface area (Å²) in [7, 11) is 1.80. The van der Waals surface area contributed by atoms with Crippen molar-refractivity contribution in [3.63, 3.8) is 0 Å². The zero-order valence-electron chi connectivity index (χ0n) is 12.7. The van der Waals surface area contributed by atoms with Gasteiger partial charge in [-0.05, 0) is 38.2 Å². The van der Waals surface area contributed by atoms with Gasteiger partial charge in [-0.1, -0.05) is 11.6 Å². The number of carbonyl (C=O) groups excluding carboxylic acids is 1. The quantitative estimate of drug-likeness (QED) is 0.912. The van der Waals surface area contributed by atoms with Gasteiger partial charge >= 0.3 is 0 Å². The van der Waals surface area contributed by atoms with Gasteiger partial charge in [0.2, 0.25) is 5.91 Å². The molecule has 1 aromatic heterocycles. The molecule has 2 N–H and O–H groups in total. The molecule has 0 saturated heterocycles. The van der Waals surface area contributed by atoms with E-state index in [2.05, 4.69) is 15.3 Å². The van der Waals surface area contributed by atoms with Crippen LogP contribution in [0.2, 0.25) is 5.02 Å². The van der Waals surface area contributed by atoms with E-state index in [4.69, 9.17) is 11.6 Å². The van der Waals surface area contributed by atoms with E-state index in [0.29, 0.717) is 18.1 Å². The highest BCUT2D eigenvalue weighted by atomic mass is 35.5. The van der Waals surface area contributed by atoms with Crippen molar-refractivity contribution < 1.29 is 4.79 Å².